The third-order valence-corrected chi connectivity index (χ3v) is 2.76. The molecule has 0 saturated carbocycles. The quantitative estimate of drug-likeness (QED) is 0.717. The van der Waals surface area contributed by atoms with Crippen molar-refractivity contribution in [2.45, 2.75) is 32.4 Å². The van der Waals surface area contributed by atoms with Crippen LogP contribution in [0.2, 0.25) is 0 Å². The second-order valence-electron chi connectivity index (χ2n) is 3.16. The van der Waals surface area contributed by atoms with Crippen LogP contribution in [0.3, 0.4) is 0 Å². The van der Waals surface area contributed by atoms with Crippen LogP contribution in [0.5, 0.6) is 0 Å². The van der Waals surface area contributed by atoms with Crippen LogP contribution in [0.15, 0.2) is 0 Å². The number of rotatable bonds is 2. The molecule has 0 bridgehead atoms. The van der Waals surface area contributed by atoms with Gasteiger partial charge in [0.15, 0.2) is 0 Å². The molecule has 1 N–H and O–H groups in total. The molecular weight excluding hydrogens is 174 g/mol. The maximum absolute atomic E-state index is 11.1. The highest BCUT2D eigenvalue weighted by molar-refractivity contribution is 7.99. The minimum absolute atomic E-state index is 0.0287. The Labute approximate surface area is 77.2 Å². The molecule has 0 aliphatic carbocycles. The van der Waals surface area contributed by atoms with E-state index >= 15 is 0 Å². The van der Waals surface area contributed by atoms with Crippen LogP contribution in [0.1, 0.15) is 20.3 Å². The van der Waals surface area contributed by atoms with Crippen LogP contribution < -0.4 is 5.32 Å². The summed E-state index contributed by atoms with van der Waals surface area (Å²) in [6, 6.07) is 0.321. The SMILES string of the molecule is CC(C)OC(=O)NC1CCSC1. The smallest absolute Gasteiger partial charge is 0.407 e. The summed E-state index contributed by atoms with van der Waals surface area (Å²) in [5.74, 6) is 2.17. The second-order valence-corrected chi connectivity index (χ2v) is 4.31. The van der Waals surface area contributed by atoms with E-state index in [-0.39, 0.29) is 12.2 Å². The maximum atomic E-state index is 11.1. The molecular formula is C8H15NO2S. The van der Waals surface area contributed by atoms with Gasteiger partial charge < -0.3 is 10.1 Å². The van der Waals surface area contributed by atoms with Gasteiger partial charge in [0.25, 0.3) is 0 Å². The monoisotopic (exact) mass is 189 g/mol. The summed E-state index contributed by atoms with van der Waals surface area (Å²) in [6.45, 7) is 3.70. The Morgan fingerprint density at radius 1 is 1.67 bits per heavy atom. The van der Waals surface area contributed by atoms with Gasteiger partial charge in [0.1, 0.15) is 0 Å². The van der Waals surface area contributed by atoms with Crippen molar-refractivity contribution in [1.29, 1.82) is 0 Å². The van der Waals surface area contributed by atoms with Gasteiger partial charge in [-0.2, -0.15) is 11.8 Å². The number of carbonyl (C=O) groups excluding carboxylic acids is 1. The third-order valence-electron chi connectivity index (χ3n) is 1.59. The molecule has 1 atom stereocenters. The molecule has 1 saturated heterocycles. The van der Waals surface area contributed by atoms with Crippen molar-refractivity contribution in [1.82, 2.24) is 5.32 Å². The van der Waals surface area contributed by atoms with E-state index < -0.39 is 0 Å². The maximum Gasteiger partial charge on any atom is 0.407 e. The van der Waals surface area contributed by atoms with Crippen LogP contribution in [-0.2, 0) is 4.74 Å². The second kappa shape index (κ2) is 4.60. The van der Waals surface area contributed by atoms with Crippen LogP contribution in [-0.4, -0.2) is 29.7 Å². The number of hydrogen-bond donors (Lipinski definition) is 1. The topological polar surface area (TPSA) is 38.3 Å². The summed E-state index contributed by atoms with van der Waals surface area (Å²) in [7, 11) is 0. The zero-order valence-corrected chi connectivity index (χ0v) is 8.32. The number of nitrogens with one attached hydrogen (secondary N) is 1. The van der Waals surface area contributed by atoms with Crippen molar-refractivity contribution in [2.24, 2.45) is 0 Å². The lowest BCUT2D eigenvalue weighted by atomic mass is 10.3. The summed E-state index contributed by atoms with van der Waals surface area (Å²) in [5.41, 5.74) is 0. The normalized spacial score (nSPS) is 22.8. The van der Waals surface area contributed by atoms with Crippen LogP contribution in [0.4, 0.5) is 4.79 Å². The number of amides is 1. The fourth-order valence-corrected chi connectivity index (χ4v) is 2.22. The van der Waals surface area contributed by atoms with Gasteiger partial charge in [-0.3, -0.25) is 0 Å². The fourth-order valence-electron chi connectivity index (χ4n) is 1.06. The van der Waals surface area contributed by atoms with Crippen molar-refractivity contribution in [3.8, 4) is 0 Å². The predicted octanol–water partition coefficient (Wildman–Crippen LogP) is 1.63. The lowest BCUT2D eigenvalue weighted by Gasteiger charge is -2.13. The van der Waals surface area contributed by atoms with E-state index in [1.165, 1.54) is 0 Å². The third kappa shape index (κ3) is 3.34. The molecule has 0 radical (unpaired) electrons. The van der Waals surface area contributed by atoms with Gasteiger partial charge in [-0.1, -0.05) is 0 Å². The van der Waals surface area contributed by atoms with Gasteiger partial charge in [0, 0.05) is 11.8 Å². The van der Waals surface area contributed by atoms with Crippen molar-refractivity contribution in [3.63, 3.8) is 0 Å². The van der Waals surface area contributed by atoms with Crippen molar-refractivity contribution in [2.75, 3.05) is 11.5 Å². The molecule has 4 heteroatoms. The molecule has 1 aliphatic heterocycles. The number of thioether (sulfide) groups is 1. The molecule has 0 aromatic carbocycles. The highest BCUT2D eigenvalue weighted by Gasteiger charge is 2.18. The predicted molar refractivity (Wildman–Crippen MR) is 50.5 cm³/mol. The van der Waals surface area contributed by atoms with E-state index in [9.17, 15) is 4.79 Å². The molecule has 1 heterocycles. The minimum atomic E-state index is -0.280. The first-order valence-electron chi connectivity index (χ1n) is 4.23. The molecule has 1 amide bonds. The van der Waals surface area contributed by atoms with Gasteiger partial charge in [-0.05, 0) is 26.0 Å². The van der Waals surface area contributed by atoms with E-state index in [2.05, 4.69) is 5.32 Å². The summed E-state index contributed by atoms with van der Waals surface area (Å²) in [4.78, 5) is 11.1. The Kier molecular flexibility index (Phi) is 3.72. The first-order chi connectivity index (χ1) is 5.68. The van der Waals surface area contributed by atoms with E-state index in [4.69, 9.17) is 4.74 Å². The molecule has 0 spiro atoms. The van der Waals surface area contributed by atoms with Gasteiger partial charge in [0.05, 0.1) is 6.10 Å². The summed E-state index contributed by atoms with van der Waals surface area (Å²) in [5, 5.41) is 2.83. The van der Waals surface area contributed by atoms with Crippen molar-refractivity contribution < 1.29 is 9.53 Å². The van der Waals surface area contributed by atoms with E-state index in [0.717, 1.165) is 17.9 Å². The molecule has 12 heavy (non-hydrogen) atoms. The summed E-state index contributed by atoms with van der Waals surface area (Å²) in [6.07, 6.45) is 0.759. The fraction of sp³-hybridized carbons (Fsp3) is 0.875. The van der Waals surface area contributed by atoms with E-state index in [1.54, 1.807) is 0 Å². The van der Waals surface area contributed by atoms with Crippen LogP contribution in [0.25, 0.3) is 0 Å². The average Bonchev–Trinajstić information content (AvgIpc) is 2.37. The Morgan fingerprint density at radius 3 is 2.92 bits per heavy atom. The highest BCUT2D eigenvalue weighted by Crippen LogP contribution is 2.16. The van der Waals surface area contributed by atoms with Crippen molar-refractivity contribution in [3.05, 3.63) is 0 Å². The largest absolute Gasteiger partial charge is 0.447 e. The van der Waals surface area contributed by atoms with E-state index in [1.807, 2.05) is 25.6 Å². The standard InChI is InChI=1S/C8H15NO2S/c1-6(2)11-8(10)9-7-3-4-12-5-7/h6-7H,3-5H2,1-2H3,(H,9,10). The Balaban J connectivity index is 2.16. The van der Waals surface area contributed by atoms with Gasteiger partial charge >= 0.3 is 6.09 Å². The van der Waals surface area contributed by atoms with Crippen LogP contribution in [0, 0.1) is 0 Å². The number of ether oxygens (including phenoxy) is 1. The summed E-state index contributed by atoms with van der Waals surface area (Å²) >= 11 is 1.87. The van der Waals surface area contributed by atoms with Gasteiger partial charge in [0.2, 0.25) is 0 Å². The molecule has 70 valence electrons. The molecule has 1 fully saturated rings. The highest BCUT2D eigenvalue weighted by atomic mass is 32.2. The lowest BCUT2D eigenvalue weighted by molar-refractivity contribution is 0.113. The van der Waals surface area contributed by atoms with E-state index in [0.29, 0.717) is 6.04 Å². The Bertz CT molecular complexity index is 155. The molecule has 0 aromatic rings. The number of alkyl carbamates (subject to hydrolysis) is 1. The first-order valence-corrected chi connectivity index (χ1v) is 5.39. The molecule has 1 rings (SSSR count). The number of hydrogen-bond acceptors (Lipinski definition) is 3. The Hall–Kier alpha value is -0.380. The zero-order valence-electron chi connectivity index (χ0n) is 7.50. The van der Waals surface area contributed by atoms with Crippen LogP contribution >= 0.6 is 11.8 Å². The minimum Gasteiger partial charge on any atom is -0.447 e. The first kappa shape index (κ1) is 9.71. The molecule has 1 unspecified atom stereocenters. The lowest BCUT2D eigenvalue weighted by Crippen LogP contribution is -2.36. The number of carbonyl (C=O) groups is 1. The zero-order chi connectivity index (χ0) is 8.97. The van der Waals surface area contributed by atoms with Crippen molar-refractivity contribution >= 4 is 17.9 Å². The van der Waals surface area contributed by atoms with Gasteiger partial charge in [-0.15, -0.1) is 0 Å². The molecule has 1 aliphatic rings. The van der Waals surface area contributed by atoms with Gasteiger partial charge in [-0.25, -0.2) is 4.79 Å². The average molecular weight is 189 g/mol. The molecule has 0 aromatic heterocycles. The molecule has 3 nitrogen and oxygen atoms in total. The Morgan fingerprint density at radius 2 is 2.42 bits per heavy atom. The summed E-state index contributed by atoms with van der Waals surface area (Å²) < 4.78 is 4.95.